The fourth-order valence-electron chi connectivity index (χ4n) is 2.69. The summed E-state index contributed by atoms with van der Waals surface area (Å²) in [6, 6.07) is 7.98. The van der Waals surface area contributed by atoms with Crippen molar-refractivity contribution in [2.75, 3.05) is 5.73 Å². The minimum absolute atomic E-state index is 0.0809. The SMILES string of the molecule is Cc1c(N)cccc1-c1nc2cnccc2n1C(C)(C)C. The van der Waals surface area contributed by atoms with Gasteiger partial charge in [-0.25, -0.2) is 4.98 Å². The molecule has 0 saturated heterocycles. The van der Waals surface area contributed by atoms with Crippen molar-refractivity contribution in [3.63, 3.8) is 0 Å². The Labute approximate surface area is 124 Å². The Morgan fingerprint density at radius 1 is 1.14 bits per heavy atom. The van der Waals surface area contributed by atoms with Crippen molar-refractivity contribution >= 4 is 16.7 Å². The number of imidazole rings is 1. The number of anilines is 1. The van der Waals surface area contributed by atoms with E-state index >= 15 is 0 Å². The topological polar surface area (TPSA) is 56.7 Å². The van der Waals surface area contributed by atoms with Gasteiger partial charge in [0.15, 0.2) is 0 Å². The second-order valence-corrected chi connectivity index (χ2v) is 6.33. The predicted molar refractivity (Wildman–Crippen MR) is 87.1 cm³/mol. The summed E-state index contributed by atoms with van der Waals surface area (Å²) >= 11 is 0. The second kappa shape index (κ2) is 4.58. The van der Waals surface area contributed by atoms with Crippen LogP contribution in [-0.2, 0) is 5.54 Å². The molecule has 1 aromatic carbocycles. The zero-order valence-electron chi connectivity index (χ0n) is 12.9. The van der Waals surface area contributed by atoms with E-state index in [2.05, 4.69) is 36.4 Å². The molecule has 4 heteroatoms. The number of nitrogens with two attached hydrogens (primary N) is 1. The van der Waals surface area contributed by atoms with Crippen molar-refractivity contribution in [3.05, 3.63) is 42.2 Å². The first-order chi connectivity index (χ1) is 9.89. The Morgan fingerprint density at radius 3 is 2.62 bits per heavy atom. The largest absolute Gasteiger partial charge is 0.398 e. The van der Waals surface area contributed by atoms with E-state index in [4.69, 9.17) is 10.7 Å². The molecule has 21 heavy (non-hydrogen) atoms. The van der Waals surface area contributed by atoms with Crippen molar-refractivity contribution in [1.29, 1.82) is 0 Å². The maximum atomic E-state index is 6.06. The van der Waals surface area contributed by atoms with Crippen molar-refractivity contribution < 1.29 is 0 Å². The van der Waals surface area contributed by atoms with Gasteiger partial charge >= 0.3 is 0 Å². The van der Waals surface area contributed by atoms with Crippen LogP contribution in [0.25, 0.3) is 22.4 Å². The maximum absolute atomic E-state index is 6.06. The summed E-state index contributed by atoms with van der Waals surface area (Å²) in [6.45, 7) is 8.58. The first kappa shape index (κ1) is 13.6. The van der Waals surface area contributed by atoms with Gasteiger partial charge < -0.3 is 10.3 Å². The van der Waals surface area contributed by atoms with Gasteiger partial charge in [-0.3, -0.25) is 4.98 Å². The van der Waals surface area contributed by atoms with Gasteiger partial charge in [-0.2, -0.15) is 0 Å². The molecule has 4 nitrogen and oxygen atoms in total. The average molecular weight is 280 g/mol. The lowest BCUT2D eigenvalue weighted by molar-refractivity contribution is 0.413. The molecule has 0 atom stereocenters. The maximum Gasteiger partial charge on any atom is 0.142 e. The number of hydrogen-bond donors (Lipinski definition) is 1. The van der Waals surface area contributed by atoms with Crippen LogP contribution in [0.1, 0.15) is 26.3 Å². The smallest absolute Gasteiger partial charge is 0.142 e. The number of fused-ring (bicyclic) bond motifs is 1. The van der Waals surface area contributed by atoms with Crippen LogP contribution >= 0.6 is 0 Å². The lowest BCUT2D eigenvalue weighted by Crippen LogP contribution is -2.22. The van der Waals surface area contributed by atoms with Gasteiger partial charge in [-0.1, -0.05) is 12.1 Å². The molecular weight excluding hydrogens is 260 g/mol. The monoisotopic (exact) mass is 280 g/mol. The number of aromatic nitrogens is 3. The number of pyridine rings is 1. The van der Waals surface area contributed by atoms with Crippen LogP contribution in [0.4, 0.5) is 5.69 Å². The van der Waals surface area contributed by atoms with Gasteiger partial charge in [0.2, 0.25) is 0 Å². The Kier molecular flexibility index (Phi) is 2.97. The Morgan fingerprint density at radius 2 is 1.90 bits per heavy atom. The Balaban J connectivity index is 2.40. The zero-order chi connectivity index (χ0) is 15.2. The number of benzene rings is 1. The van der Waals surface area contributed by atoms with E-state index in [-0.39, 0.29) is 5.54 Å². The fraction of sp³-hybridized carbons (Fsp3) is 0.294. The second-order valence-electron chi connectivity index (χ2n) is 6.33. The summed E-state index contributed by atoms with van der Waals surface area (Å²) in [6.07, 6.45) is 3.62. The molecule has 0 aliphatic carbocycles. The van der Waals surface area contributed by atoms with Crippen molar-refractivity contribution in [2.24, 2.45) is 0 Å². The zero-order valence-corrected chi connectivity index (χ0v) is 12.9. The van der Waals surface area contributed by atoms with E-state index in [0.717, 1.165) is 33.7 Å². The van der Waals surface area contributed by atoms with E-state index in [1.807, 2.05) is 37.5 Å². The third-order valence-electron chi connectivity index (χ3n) is 3.74. The highest BCUT2D eigenvalue weighted by molar-refractivity contribution is 5.82. The standard InChI is InChI=1S/C17H20N4/c1-11-12(6-5-7-13(11)18)16-20-14-10-19-9-8-15(14)21(16)17(2,3)4/h5-10H,18H2,1-4H3. The lowest BCUT2D eigenvalue weighted by atomic mass is 10.0. The normalized spacial score (nSPS) is 12.0. The lowest BCUT2D eigenvalue weighted by Gasteiger charge is -2.25. The summed E-state index contributed by atoms with van der Waals surface area (Å²) in [5.74, 6) is 0.940. The van der Waals surface area contributed by atoms with Crippen LogP contribution < -0.4 is 5.73 Å². The van der Waals surface area contributed by atoms with Crippen LogP contribution in [0.15, 0.2) is 36.7 Å². The Bertz CT molecular complexity index is 809. The molecule has 0 aliphatic heterocycles. The average Bonchev–Trinajstić information content (AvgIpc) is 2.80. The predicted octanol–water partition coefficient (Wildman–Crippen LogP) is 3.74. The first-order valence-corrected chi connectivity index (χ1v) is 7.08. The summed E-state index contributed by atoms with van der Waals surface area (Å²) in [7, 11) is 0. The highest BCUT2D eigenvalue weighted by Gasteiger charge is 2.23. The molecule has 2 aromatic heterocycles. The van der Waals surface area contributed by atoms with E-state index in [1.54, 1.807) is 0 Å². The van der Waals surface area contributed by atoms with Gasteiger partial charge in [-0.15, -0.1) is 0 Å². The number of nitrogen functional groups attached to an aromatic ring is 1. The summed E-state index contributed by atoms with van der Waals surface area (Å²) in [5, 5.41) is 0. The molecule has 2 N–H and O–H groups in total. The molecular formula is C17H20N4. The molecule has 108 valence electrons. The molecule has 3 aromatic rings. The van der Waals surface area contributed by atoms with Gasteiger partial charge in [0, 0.05) is 23.0 Å². The molecule has 3 rings (SSSR count). The number of hydrogen-bond acceptors (Lipinski definition) is 3. The summed E-state index contributed by atoms with van der Waals surface area (Å²) in [5.41, 5.74) is 10.9. The molecule has 0 bridgehead atoms. The van der Waals surface area contributed by atoms with Gasteiger partial charge in [0.25, 0.3) is 0 Å². The van der Waals surface area contributed by atoms with Crippen molar-refractivity contribution in [2.45, 2.75) is 33.2 Å². The van der Waals surface area contributed by atoms with Crippen molar-refractivity contribution in [1.82, 2.24) is 14.5 Å². The number of rotatable bonds is 1. The van der Waals surface area contributed by atoms with Crippen molar-refractivity contribution in [3.8, 4) is 11.4 Å². The molecule has 2 heterocycles. The third kappa shape index (κ3) is 2.17. The van der Waals surface area contributed by atoms with Crippen LogP contribution in [-0.4, -0.2) is 14.5 Å². The number of nitrogens with zero attached hydrogens (tertiary/aromatic N) is 3. The molecule has 0 unspecified atom stereocenters. The molecule has 0 saturated carbocycles. The molecule has 0 radical (unpaired) electrons. The van der Waals surface area contributed by atoms with E-state index in [0.29, 0.717) is 0 Å². The molecule has 0 amide bonds. The van der Waals surface area contributed by atoms with Crippen LogP contribution in [0.2, 0.25) is 0 Å². The summed E-state index contributed by atoms with van der Waals surface area (Å²) in [4.78, 5) is 8.98. The van der Waals surface area contributed by atoms with Gasteiger partial charge in [0.1, 0.15) is 11.3 Å². The Hall–Kier alpha value is -2.36. The summed E-state index contributed by atoms with van der Waals surface area (Å²) < 4.78 is 2.26. The molecule has 0 aliphatic rings. The molecule has 0 spiro atoms. The molecule has 0 fully saturated rings. The van der Waals surface area contributed by atoms with Gasteiger partial charge in [-0.05, 0) is 45.4 Å². The van der Waals surface area contributed by atoms with E-state index in [1.165, 1.54) is 0 Å². The highest BCUT2D eigenvalue weighted by atomic mass is 15.1. The van der Waals surface area contributed by atoms with Crippen LogP contribution in [0.3, 0.4) is 0 Å². The fourth-order valence-corrected chi connectivity index (χ4v) is 2.69. The van der Waals surface area contributed by atoms with Gasteiger partial charge in [0.05, 0.1) is 11.7 Å². The highest BCUT2D eigenvalue weighted by Crippen LogP contribution is 2.33. The van der Waals surface area contributed by atoms with Crippen LogP contribution in [0, 0.1) is 6.92 Å². The van der Waals surface area contributed by atoms with E-state index < -0.39 is 0 Å². The first-order valence-electron chi connectivity index (χ1n) is 7.08. The third-order valence-corrected chi connectivity index (χ3v) is 3.74. The quantitative estimate of drug-likeness (QED) is 0.691. The minimum Gasteiger partial charge on any atom is -0.398 e. The van der Waals surface area contributed by atoms with E-state index in [9.17, 15) is 0 Å². The minimum atomic E-state index is -0.0809. The van der Waals surface area contributed by atoms with Crippen LogP contribution in [0.5, 0.6) is 0 Å².